The summed E-state index contributed by atoms with van der Waals surface area (Å²) in [5, 5.41) is 5.80. The second-order valence-corrected chi connectivity index (χ2v) is 21.5. The molecule has 4 rings (SSSR count). The first-order valence-electron chi connectivity index (χ1n) is 21.5. The summed E-state index contributed by atoms with van der Waals surface area (Å²) in [6.45, 7) is 19.4. The van der Waals surface area contributed by atoms with E-state index in [4.69, 9.17) is 9.47 Å². The number of hydrogen-bond donors (Lipinski definition) is 2. The van der Waals surface area contributed by atoms with E-state index in [1.807, 2.05) is 20.8 Å². The van der Waals surface area contributed by atoms with Crippen LogP contribution in [0.2, 0.25) is 0 Å². The van der Waals surface area contributed by atoms with Crippen LogP contribution < -0.4 is 10.6 Å². The zero-order valence-electron chi connectivity index (χ0n) is 34.8. The van der Waals surface area contributed by atoms with Gasteiger partial charge in [-0.2, -0.15) is 0 Å². The van der Waals surface area contributed by atoms with Gasteiger partial charge in [-0.3, -0.25) is 9.59 Å². The predicted octanol–water partition coefficient (Wildman–Crippen LogP) is 11.3. The summed E-state index contributed by atoms with van der Waals surface area (Å²) in [6, 6.07) is 0. The highest BCUT2D eigenvalue weighted by Gasteiger charge is 2.59. The minimum absolute atomic E-state index is 0.0161. The molecule has 0 aromatic rings. The van der Waals surface area contributed by atoms with E-state index in [0.717, 1.165) is 93.3 Å². The number of fused-ring (bicyclic) bond motifs is 5. The topological polar surface area (TPSA) is 93.7 Å². The van der Waals surface area contributed by atoms with E-state index in [1.54, 1.807) is 5.57 Å². The summed E-state index contributed by atoms with van der Waals surface area (Å²) < 4.78 is 11.3. The Kier molecular flexibility index (Phi) is 17.3. The molecule has 304 valence electrons. The highest BCUT2D eigenvalue weighted by atomic mass is 33.1. The van der Waals surface area contributed by atoms with Crippen LogP contribution >= 0.6 is 21.6 Å². The van der Waals surface area contributed by atoms with Crippen LogP contribution in [0.25, 0.3) is 0 Å². The molecule has 0 saturated heterocycles. The fraction of sp³-hybridized carbons (Fsp3) is 0.886. The number of rotatable bonds is 20. The molecule has 0 radical (unpaired) electrons. The molecular weight excluding hydrogens is 701 g/mol. The molecule has 0 unspecified atom stereocenters. The van der Waals surface area contributed by atoms with Gasteiger partial charge < -0.3 is 20.1 Å². The summed E-state index contributed by atoms with van der Waals surface area (Å²) in [7, 11) is 2.86. The first-order valence-corrected chi connectivity index (χ1v) is 24.0. The Labute approximate surface area is 331 Å². The van der Waals surface area contributed by atoms with E-state index in [9.17, 15) is 14.4 Å². The molecule has 0 heterocycles. The van der Waals surface area contributed by atoms with Crippen molar-refractivity contribution in [2.24, 2.45) is 46.3 Å². The average molecular weight is 777 g/mol. The van der Waals surface area contributed by atoms with E-state index < -0.39 is 5.60 Å². The van der Waals surface area contributed by atoms with Crippen molar-refractivity contribution in [1.82, 2.24) is 10.6 Å². The van der Waals surface area contributed by atoms with Crippen LogP contribution in [0, 0.1) is 46.3 Å². The zero-order chi connectivity index (χ0) is 38.6. The number of carbonyl (C=O) groups excluding carboxylic acids is 3. The highest BCUT2D eigenvalue weighted by molar-refractivity contribution is 8.77. The van der Waals surface area contributed by atoms with Gasteiger partial charge >= 0.3 is 12.1 Å². The van der Waals surface area contributed by atoms with Crippen molar-refractivity contribution in [2.75, 3.05) is 24.6 Å². The Bertz CT molecular complexity index is 1220. The monoisotopic (exact) mass is 777 g/mol. The largest absolute Gasteiger partial charge is 0.461 e. The molecule has 4 aliphatic carbocycles. The fourth-order valence-corrected chi connectivity index (χ4v) is 12.5. The van der Waals surface area contributed by atoms with Crippen molar-refractivity contribution in [3.63, 3.8) is 0 Å². The van der Waals surface area contributed by atoms with Gasteiger partial charge in [0.05, 0.1) is 5.75 Å². The molecule has 0 spiro atoms. The van der Waals surface area contributed by atoms with E-state index in [0.29, 0.717) is 24.3 Å². The number of amides is 2. The van der Waals surface area contributed by atoms with E-state index in [2.05, 4.69) is 51.3 Å². The van der Waals surface area contributed by atoms with Crippen LogP contribution in [-0.2, 0) is 19.1 Å². The molecule has 53 heavy (non-hydrogen) atoms. The van der Waals surface area contributed by atoms with Crippen molar-refractivity contribution < 1.29 is 23.9 Å². The first-order chi connectivity index (χ1) is 25.1. The number of unbranched alkanes of at least 4 members (excludes halogenated alkanes) is 5. The van der Waals surface area contributed by atoms with E-state index >= 15 is 0 Å². The maximum Gasteiger partial charge on any atom is 0.407 e. The molecule has 0 aromatic carbocycles. The number of hydrogen-bond acceptors (Lipinski definition) is 7. The Hall–Kier alpha value is -1.35. The van der Waals surface area contributed by atoms with Gasteiger partial charge in [0.25, 0.3) is 0 Å². The molecule has 0 aromatic heterocycles. The molecule has 2 N–H and O–H groups in total. The molecule has 8 atom stereocenters. The molecule has 3 saturated carbocycles. The van der Waals surface area contributed by atoms with Crippen LogP contribution in [0.3, 0.4) is 0 Å². The Morgan fingerprint density at radius 3 is 2.21 bits per heavy atom. The van der Waals surface area contributed by atoms with Gasteiger partial charge in [0.2, 0.25) is 5.91 Å². The van der Waals surface area contributed by atoms with Gasteiger partial charge in [-0.05, 0) is 125 Å². The van der Waals surface area contributed by atoms with Gasteiger partial charge in [0, 0.05) is 19.5 Å². The highest BCUT2D eigenvalue weighted by Crippen LogP contribution is 2.67. The van der Waals surface area contributed by atoms with E-state index in [-0.39, 0.29) is 35.2 Å². The van der Waals surface area contributed by atoms with Gasteiger partial charge in [-0.1, -0.05) is 113 Å². The van der Waals surface area contributed by atoms with Crippen LogP contribution in [0.4, 0.5) is 4.79 Å². The number of nitrogens with one attached hydrogen (secondary N) is 2. The first kappa shape index (κ1) is 44.4. The van der Waals surface area contributed by atoms with Crippen molar-refractivity contribution in [3.05, 3.63) is 11.6 Å². The third-order valence-corrected chi connectivity index (χ3v) is 15.7. The van der Waals surface area contributed by atoms with Crippen molar-refractivity contribution >= 4 is 39.6 Å². The number of carbonyl (C=O) groups is 3. The summed E-state index contributed by atoms with van der Waals surface area (Å²) in [5.74, 6) is 5.49. The lowest BCUT2D eigenvalue weighted by Crippen LogP contribution is -2.51. The van der Waals surface area contributed by atoms with Crippen molar-refractivity contribution in [2.45, 2.75) is 176 Å². The van der Waals surface area contributed by atoms with Gasteiger partial charge in [-0.25, -0.2) is 4.79 Å². The lowest BCUT2D eigenvalue weighted by atomic mass is 9.47. The Morgan fingerprint density at radius 1 is 0.830 bits per heavy atom. The lowest BCUT2D eigenvalue weighted by Gasteiger charge is -2.58. The van der Waals surface area contributed by atoms with Crippen LogP contribution in [0.5, 0.6) is 0 Å². The van der Waals surface area contributed by atoms with Gasteiger partial charge in [0.1, 0.15) is 17.5 Å². The number of esters is 1. The maximum atomic E-state index is 12.8. The SMILES string of the molecule is CC(C)CCC[C@@H](C)[C@H]1CC[C@H]2[C@@H]3CC=C4C[C@@H](OC(=O)CSSCC(=O)NCCCCCCCCNC(=O)OC(C)(C)C)CC[C@]4(C)[C@H]3CC[C@]12C. The van der Waals surface area contributed by atoms with Gasteiger partial charge in [0.15, 0.2) is 0 Å². The molecule has 2 amide bonds. The second kappa shape index (κ2) is 20.7. The standard InChI is InChI=1S/C44H76N2O5S2/c1-31(2)16-15-17-32(3)36-20-21-37-35-19-18-33-28-34(22-24-43(33,7)38(35)23-25-44(36,37)8)50-40(48)30-53-52-29-39(47)45-26-13-11-9-10-12-14-27-46-41(49)51-42(4,5)6/h18,31-32,34-38H,9-17,19-30H2,1-8H3,(H,45,47)(H,46,49)/t32-,34+,35+,36-,37+,38+,43+,44-/m1/s1. The second-order valence-electron chi connectivity index (χ2n) is 19.1. The third kappa shape index (κ3) is 13.1. The van der Waals surface area contributed by atoms with Crippen molar-refractivity contribution in [3.8, 4) is 0 Å². The molecule has 0 aliphatic heterocycles. The number of alkyl carbamates (subject to hydrolysis) is 1. The summed E-state index contributed by atoms with van der Waals surface area (Å²) >= 11 is 0. The Morgan fingerprint density at radius 2 is 1.51 bits per heavy atom. The van der Waals surface area contributed by atoms with Crippen molar-refractivity contribution in [1.29, 1.82) is 0 Å². The number of allylic oxidation sites excluding steroid dienone is 1. The molecule has 7 nitrogen and oxygen atoms in total. The summed E-state index contributed by atoms with van der Waals surface area (Å²) in [5.41, 5.74) is 1.86. The Balaban J connectivity index is 1.06. The van der Waals surface area contributed by atoms with Crippen LogP contribution in [0.1, 0.15) is 165 Å². The molecule has 9 heteroatoms. The predicted molar refractivity (Wildman–Crippen MR) is 223 cm³/mol. The maximum absolute atomic E-state index is 12.8. The minimum Gasteiger partial charge on any atom is -0.461 e. The fourth-order valence-electron chi connectivity index (χ4n) is 10.9. The smallest absolute Gasteiger partial charge is 0.407 e. The van der Waals surface area contributed by atoms with Gasteiger partial charge in [-0.15, -0.1) is 0 Å². The molecule has 4 aliphatic rings. The minimum atomic E-state index is -0.468. The molecular formula is C44H76N2O5S2. The van der Waals surface area contributed by atoms with E-state index in [1.165, 1.54) is 73.0 Å². The molecule has 0 bridgehead atoms. The summed E-state index contributed by atoms with van der Waals surface area (Å²) in [4.78, 5) is 36.8. The van der Waals surface area contributed by atoms with Crippen LogP contribution in [-0.4, -0.2) is 54.3 Å². The lowest BCUT2D eigenvalue weighted by molar-refractivity contribution is -0.148. The normalized spacial score (nSPS) is 30.1. The number of ether oxygens (including phenoxy) is 2. The molecule has 3 fully saturated rings. The average Bonchev–Trinajstić information content (AvgIpc) is 3.44. The van der Waals surface area contributed by atoms with Crippen LogP contribution in [0.15, 0.2) is 11.6 Å². The zero-order valence-corrected chi connectivity index (χ0v) is 36.5. The quantitative estimate of drug-likeness (QED) is 0.0550. The third-order valence-electron chi connectivity index (χ3n) is 13.6. The summed E-state index contributed by atoms with van der Waals surface area (Å²) in [6.07, 6.45) is 22.5.